The van der Waals surface area contributed by atoms with E-state index in [2.05, 4.69) is 4.74 Å². The number of hydrogen-bond donors (Lipinski definition) is 0. The largest absolute Gasteiger partial charge is 0.374 e. The lowest BCUT2D eigenvalue weighted by molar-refractivity contribution is -0.165. The molecular formula is C7H8F4O2S2. The van der Waals surface area contributed by atoms with Gasteiger partial charge in [0.15, 0.2) is 0 Å². The third-order valence-corrected chi connectivity index (χ3v) is 4.05. The van der Waals surface area contributed by atoms with Crippen LogP contribution in [0.25, 0.3) is 0 Å². The minimum atomic E-state index is -4.11. The molecule has 2 nitrogen and oxygen atoms in total. The van der Waals surface area contributed by atoms with Gasteiger partial charge in [0.1, 0.15) is 6.61 Å². The molecule has 1 aliphatic heterocycles. The monoisotopic (exact) mass is 264 g/mol. The standard InChI is InChI=1S/C7H8F4O2S2/c8-5(9)7(10,11)3-13-1-4-2-14-6(12)15-4/h4-5H,1-3H2. The van der Waals surface area contributed by atoms with Crippen LogP contribution in [-0.2, 0) is 4.74 Å². The van der Waals surface area contributed by atoms with Gasteiger partial charge in [0.25, 0.3) is 0 Å². The van der Waals surface area contributed by atoms with Crippen LogP contribution in [0.1, 0.15) is 0 Å². The van der Waals surface area contributed by atoms with Crippen LogP contribution in [-0.4, -0.2) is 41.0 Å². The number of hydrogen-bond acceptors (Lipinski definition) is 4. The maximum atomic E-state index is 12.3. The van der Waals surface area contributed by atoms with Gasteiger partial charge in [-0.2, -0.15) is 8.78 Å². The van der Waals surface area contributed by atoms with Crippen molar-refractivity contribution < 1.29 is 27.1 Å². The second-order valence-corrected chi connectivity index (χ2v) is 5.40. The fourth-order valence-electron chi connectivity index (χ4n) is 0.837. The molecule has 0 aromatic heterocycles. The van der Waals surface area contributed by atoms with E-state index in [1.807, 2.05) is 0 Å². The molecule has 0 aliphatic carbocycles. The van der Waals surface area contributed by atoms with Crippen LogP contribution < -0.4 is 0 Å². The molecule has 88 valence electrons. The molecule has 0 aromatic carbocycles. The first-order valence-corrected chi connectivity index (χ1v) is 5.85. The van der Waals surface area contributed by atoms with E-state index in [1.54, 1.807) is 0 Å². The van der Waals surface area contributed by atoms with E-state index in [9.17, 15) is 22.4 Å². The van der Waals surface area contributed by atoms with Crippen molar-refractivity contribution in [3.8, 4) is 0 Å². The fraction of sp³-hybridized carbons (Fsp3) is 0.857. The molecule has 1 atom stereocenters. The van der Waals surface area contributed by atoms with Crippen molar-refractivity contribution in [2.45, 2.75) is 17.6 Å². The Morgan fingerprint density at radius 3 is 2.67 bits per heavy atom. The summed E-state index contributed by atoms with van der Waals surface area (Å²) in [5.41, 5.74) is 0. The zero-order chi connectivity index (χ0) is 11.5. The van der Waals surface area contributed by atoms with Crippen molar-refractivity contribution in [1.29, 1.82) is 0 Å². The lowest BCUT2D eigenvalue weighted by atomic mass is 10.4. The maximum absolute atomic E-state index is 12.3. The maximum Gasteiger partial charge on any atom is 0.330 e. The number of ether oxygens (including phenoxy) is 1. The summed E-state index contributed by atoms with van der Waals surface area (Å²) in [6.45, 7) is -1.41. The van der Waals surface area contributed by atoms with Gasteiger partial charge in [-0.1, -0.05) is 23.5 Å². The van der Waals surface area contributed by atoms with Crippen LogP contribution in [0.2, 0.25) is 0 Å². The van der Waals surface area contributed by atoms with Gasteiger partial charge in [0.05, 0.1) is 6.61 Å². The van der Waals surface area contributed by atoms with Gasteiger partial charge in [-0.25, -0.2) is 8.78 Å². The summed E-state index contributed by atoms with van der Waals surface area (Å²) in [6.07, 6.45) is -3.72. The van der Waals surface area contributed by atoms with E-state index in [0.29, 0.717) is 5.75 Å². The highest BCUT2D eigenvalue weighted by molar-refractivity contribution is 8.41. The van der Waals surface area contributed by atoms with Crippen LogP contribution in [0.4, 0.5) is 22.4 Å². The Labute approximate surface area is 92.1 Å². The van der Waals surface area contributed by atoms with Crippen LogP contribution >= 0.6 is 23.5 Å². The van der Waals surface area contributed by atoms with E-state index < -0.39 is 19.0 Å². The van der Waals surface area contributed by atoms with Gasteiger partial charge in [-0.05, 0) is 0 Å². The smallest absolute Gasteiger partial charge is 0.330 e. The Morgan fingerprint density at radius 2 is 2.20 bits per heavy atom. The lowest BCUT2D eigenvalue weighted by Gasteiger charge is -2.16. The molecule has 1 rings (SSSR count). The Morgan fingerprint density at radius 1 is 1.53 bits per heavy atom. The first-order valence-electron chi connectivity index (χ1n) is 3.99. The summed E-state index contributed by atoms with van der Waals surface area (Å²) in [7, 11) is 0. The summed E-state index contributed by atoms with van der Waals surface area (Å²) in [6, 6.07) is 0. The van der Waals surface area contributed by atoms with E-state index in [0.717, 1.165) is 23.5 Å². The molecule has 1 fully saturated rings. The van der Waals surface area contributed by atoms with E-state index >= 15 is 0 Å². The average Bonchev–Trinajstić information content (AvgIpc) is 2.51. The third kappa shape index (κ3) is 4.20. The molecule has 0 saturated carbocycles. The number of alkyl halides is 4. The fourth-order valence-corrected chi connectivity index (χ4v) is 3.05. The molecule has 0 spiro atoms. The van der Waals surface area contributed by atoms with Crippen LogP contribution in [0.15, 0.2) is 0 Å². The Hall–Kier alpha value is 0.0500. The molecule has 0 amide bonds. The number of halogens is 4. The molecule has 0 N–H and O–H groups in total. The molecule has 1 heterocycles. The van der Waals surface area contributed by atoms with E-state index in [4.69, 9.17) is 0 Å². The molecule has 1 saturated heterocycles. The van der Waals surface area contributed by atoms with Crippen LogP contribution in [0, 0.1) is 0 Å². The Kier molecular flexibility index (Phi) is 4.72. The minimum Gasteiger partial charge on any atom is -0.374 e. The molecule has 1 unspecified atom stereocenters. The molecule has 0 radical (unpaired) electrons. The van der Waals surface area contributed by atoms with Crippen molar-refractivity contribution in [1.82, 2.24) is 0 Å². The zero-order valence-electron chi connectivity index (χ0n) is 7.42. The second-order valence-electron chi connectivity index (χ2n) is 2.88. The van der Waals surface area contributed by atoms with Crippen LogP contribution in [0.5, 0.6) is 0 Å². The van der Waals surface area contributed by atoms with Crippen molar-refractivity contribution in [2.75, 3.05) is 19.0 Å². The van der Waals surface area contributed by atoms with Crippen LogP contribution in [0.3, 0.4) is 0 Å². The highest BCUT2D eigenvalue weighted by Gasteiger charge is 2.41. The minimum absolute atomic E-state index is 0.0933. The normalized spacial score (nSPS) is 22.7. The number of carbonyl (C=O) groups excluding carboxylic acids is 1. The summed E-state index contributed by atoms with van der Waals surface area (Å²) >= 11 is 2.07. The number of rotatable bonds is 5. The highest BCUT2D eigenvalue weighted by Crippen LogP contribution is 2.33. The number of carbonyl (C=O) groups is 1. The average molecular weight is 264 g/mol. The molecule has 0 bridgehead atoms. The van der Waals surface area contributed by atoms with Gasteiger partial charge >= 0.3 is 12.3 Å². The van der Waals surface area contributed by atoms with Gasteiger partial charge in [0, 0.05) is 11.0 Å². The van der Waals surface area contributed by atoms with Crippen molar-refractivity contribution in [2.24, 2.45) is 0 Å². The summed E-state index contributed by atoms with van der Waals surface area (Å²) in [5.74, 6) is -3.63. The predicted molar refractivity (Wildman–Crippen MR) is 51.0 cm³/mol. The van der Waals surface area contributed by atoms with Gasteiger partial charge in [0.2, 0.25) is 4.45 Å². The first-order chi connectivity index (χ1) is 6.92. The van der Waals surface area contributed by atoms with Crippen molar-refractivity contribution in [3.63, 3.8) is 0 Å². The molecular weight excluding hydrogens is 256 g/mol. The summed E-state index contributed by atoms with van der Waals surface area (Å²) in [4.78, 5) is 10.7. The topological polar surface area (TPSA) is 26.3 Å². The highest BCUT2D eigenvalue weighted by atomic mass is 32.2. The Bertz CT molecular complexity index is 237. The summed E-state index contributed by atoms with van der Waals surface area (Å²) < 4.78 is 52.4. The molecule has 8 heteroatoms. The van der Waals surface area contributed by atoms with E-state index in [1.165, 1.54) is 0 Å². The molecule has 15 heavy (non-hydrogen) atoms. The first kappa shape index (κ1) is 13.1. The third-order valence-electron chi connectivity index (χ3n) is 1.57. The lowest BCUT2D eigenvalue weighted by Crippen LogP contribution is -2.33. The van der Waals surface area contributed by atoms with Gasteiger partial charge < -0.3 is 4.74 Å². The van der Waals surface area contributed by atoms with Crippen molar-refractivity contribution in [3.05, 3.63) is 0 Å². The van der Waals surface area contributed by atoms with Gasteiger partial charge in [-0.15, -0.1) is 0 Å². The molecule has 1 aliphatic rings. The molecule has 0 aromatic rings. The zero-order valence-corrected chi connectivity index (χ0v) is 9.05. The predicted octanol–water partition coefficient (Wildman–Crippen LogP) is 2.87. The van der Waals surface area contributed by atoms with E-state index in [-0.39, 0.29) is 16.3 Å². The summed E-state index contributed by atoms with van der Waals surface area (Å²) in [5, 5.41) is -0.212. The SMILES string of the molecule is O=C1SCC(COCC(F)(F)C(F)F)S1. The number of thioether (sulfide) groups is 2. The van der Waals surface area contributed by atoms with Crippen molar-refractivity contribution >= 4 is 28.0 Å². The Balaban J connectivity index is 2.19. The van der Waals surface area contributed by atoms with Gasteiger partial charge in [-0.3, -0.25) is 4.79 Å². The quantitative estimate of drug-likeness (QED) is 0.713. The second kappa shape index (κ2) is 5.40.